The van der Waals surface area contributed by atoms with Crippen LogP contribution in [0.5, 0.6) is 0 Å². The van der Waals surface area contributed by atoms with Gasteiger partial charge in [0.2, 0.25) is 11.8 Å². The van der Waals surface area contributed by atoms with Crippen molar-refractivity contribution in [1.29, 1.82) is 0 Å². The Morgan fingerprint density at radius 2 is 1.15 bits per heavy atom. The zero-order chi connectivity index (χ0) is 35.1. The first kappa shape index (κ1) is 44.2. The summed E-state index contributed by atoms with van der Waals surface area (Å²) in [7, 11) is 0. The number of carbonyl (C=O) groups excluding carboxylic acids is 3. The van der Waals surface area contributed by atoms with Gasteiger partial charge in [-0.1, -0.05) is 6.92 Å². The van der Waals surface area contributed by atoms with Crippen LogP contribution in [0.2, 0.25) is 0 Å². The highest BCUT2D eigenvalue weighted by atomic mass is 16.6. The molecule has 0 fully saturated rings. The summed E-state index contributed by atoms with van der Waals surface area (Å²) in [5, 5.41) is 91.8. The Morgan fingerprint density at radius 3 is 1.70 bits per heavy atom. The minimum atomic E-state index is -1.76. The number of unbranched alkanes of at least 4 members (excludes halogenated alkanes) is 3. The molecule has 8 unspecified atom stereocenters. The second-order valence-corrected chi connectivity index (χ2v) is 11.5. The smallest absolute Gasteiger partial charge is 0.220 e. The molecule has 2 amide bonds. The largest absolute Gasteiger partial charge is 0.396 e. The van der Waals surface area contributed by atoms with E-state index >= 15 is 0 Å². The molecule has 0 aliphatic heterocycles. The zero-order valence-electron chi connectivity index (χ0n) is 27.1. The molecule has 0 aromatic carbocycles. The molecule has 46 heavy (non-hydrogen) atoms. The maximum Gasteiger partial charge on any atom is 0.220 e. The van der Waals surface area contributed by atoms with Gasteiger partial charge in [-0.05, 0) is 64.7 Å². The fraction of sp³-hybridized carbons (Fsp3) is 0.900. The summed E-state index contributed by atoms with van der Waals surface area (Å²) in [5.74, 6) is -1.40. The van der Waals surface area contributed by atoms with Gasteiger partial charge in [0.05, 0.1) is 18.2 Å². The third kappa shape index (κ3) is 19.7. The monoisotopic (exact) mass is 670 g/mol. The van der Waals surface area contributed by atoms with Crippen LogP contribution in [0.1, 0.15) is 84.5 Å². The number of ketones is 1. The van der Waals surface area contributed by atoms with Gasteiger partial charge in [0.15, 0.2) is 18.4 Å². The Kier molecular flexibility index (Phi) is 25.1. The van der Waals surface area contributed by atoms with E-state index in [0.29, 0.717) is 51.5 Å². The standard InChI is InChI=1S/C30H58N2O14/c1-19(22(36)12-15-33)26(40)29(43)45-17-8-5-11-25(39)32-21(20(2)35)9-3-6-14-31-24(38)10-4-7-18-46-30(44)28(42)27(41)23(37)13-16-34/h19,21-23,26-30,33-34,36-37,40-44H,3-18H2,1-2H3,(H,31,38)(H,32,39)/t19?,21-,22?,23?,26?,27?,28?,29?,30?/m1/s1. The predicted molar refractivity (Wildman–Crippen MR) is 164 cm³/mol. The van der Waals surface area contributed by atoms with Crippen LogP contribution >= 0.6 is 0 Å². The average molecular weight is 671 g/mol. The van der Waals surface area contributed by atoms with E-state index in [2.05, 4.69) is 10.6 Å². The van der Waals surface area contributed by atoms with Crippen molar-refractivity contribution in [3.05, 3.63) is 0 Å². The highest BCUT2D eigenvalue weighted by Crippen LogP contribution is 2.16. The fourth-order valence-corrected chi connectivity index (χ4v) is 4.40. The number of ether oxygens (including phenoxy) is 2. The Labute approximate surface area is 270 Å². The molecular weight excluding hydrogens is 612 g/mol. The summed E-state index contributed by atoms with van der Waals surface area (Å²) in [4.78, 5) is 36.3. The van der Waals surface area contributed by atoms with E-state index < -0.39 is 61.7 Å². The van der Waals surface area contributed by atoms with E-state index in [-0.39, 0.29) is 63.1 Å². The van der Waals surface area contributed by atoms with Crippen molar-refractivity contribution in [2.75, 3.05) is 33.0 Å². The number of rotatable bonds is 29. The number of amides is 2. The average Bonchev–Trinajstić information content (AvgIpc) is 3.01. The van der Waals surface area contributed by atoms with Gasteiger partial charge in [-0.3, -0.25) is 14.4 Å². The van der Waals surface area contributed by atoms with Crippen LogP contribution < -0.4 is 10.6 Å². The topological polar surface area (TPSA) is 276 Å². The summed E-state index contributed by atoms with van der Waals surface area (Å²) < 4.78 is 10.2. The minimum absolute atomic E-state index is 0.00533. The van der Waals surface area contributed by atoms with Crippen molar-refractivity contribution in [3.63, 3.8) is 0 Å². The molecule has 16 heteroatoms. The first-order valence-electron chi connectivity index (χ1n) is 16.0. The second-order valence-electron chi connectivity index (χ2n) is 11.5. The molecule has 0 aromatic heterocycles. The SMILES string of the molecule is CC(=O)[C@@H](CCCCNC(=O)CCCCOC(O)C(O)C(O)C(O)CCO)NC(=O)CCCCOC(O)C(O)C(C)C(O)CCO. The van der Waals surface area contributed by atoms with Crippen LogP contribution in [0.15, 0.2) is 0 Å². The molecule has 0 rings (SSSR count). The molecule has 0 saturated carbocycles. The number of aliphatic hydroxyl groups excluding tert-OH is 9. The molecule has 272 valence electrons. The van der Waals surface area contributed by atoms with Gasteiger partial charge in [-0.25, -0.2) is 0 Å². The summed E-state index contributed by atoms with van der Waals surface area (Å²) in [6.45, 7) is 2.72. The number of hydrogen-bond acceptors (Lipinski definition) is 14. The summed E-state index contributed by atoms with van der Waals surface area (Å²) in [6.07, 6.45) is -7.01. The number of carbonyl (C=O) groups is 3. The molecular formula is C30H58N2O14. The van der Waals surface area contributed by atoms with Crippen molar-refractivity contribution in [2.24, 2.45) is 5.92 Å². The Morgan fingerprint density at radius 1 is 0.630 bits per heavy atom. The molecule has 11 N–H and O–H groups in total. The normalized spacial score (nSPS) is 17.6. The molecule has 0 heterocycles. The van der Waals surface area contributed by atoms with Gasteiger partial charge >= 0.3 is 0 Å². The summed E-state index contributed by atoms with van der Waals surface area (Å²) >= 11 is 0. The van der Waals surface area contributed by atoms with Crippen LogP contribution in [-0.2, 0) is 23.9 Å². The minimum Gasteiger partial charge on any atom is -0.396 e. The van der Waals surface area contributed by atoms with Crippen LogP contribution in [0.25, 0.3) is 0 Å². The van der Waals surface area contributed by atoms with Gasteiger partial charge in [0, 0.05) is 51.7 Å². The first-order chi connectivity index (χ1) is 21.8. The lowest BCUT2D eigenvalue weighted by Crippen LogP contribution is -2.45. The van der Waals surface area contributed by atoms with E-state index in [0.717, 1.165) is 0 Å². The molecule has 0 aliphatic rings. The number of hydrogen-bond donors (Lipinski definition) is 11. The molecule has 16 nitrogen and oxygen atoms in total. The van der Waals surface area contributed by atoms with Gasteiger partial charge in [0.1, 0.15) is 18.3 Å². The van der Waals surface area contributed by atoms with Crippen LogP contribution in [-0.4, -0.2) is 146 Å². The van der Waals surface area contributed by atoms with Crippen molar-refractivity contribution < 1.29 is 69.8 Å². The Bertz CT molecular complexity index is 822. The van der Waals surface area contributed by atoms with E-state index in [1.54, 1.807) is 0 Å². The molecule has 0 aromatic rings. The van der Waals surface area contributed by atoms with Crippen molar-refractivity contribution in [2.45, 2.75) is 134 Å². The van der Waals surface area contributed by atoms with Gasteiger partial charge in [-0.15, -0.1) is 0 Å². The lowest BCUT2D eigenvalue weighted by Gasteiger charge is -2.27. The molecule has 0 saturated heterocycles. The van der Waals surface area contributed by atoms with Crippen molar-refractivity contribution >= 4 is 17.6 Å². The molecule has 9 atom stereocenters. The highest BCUT2D eigenvalue weighted by molar-refractivity contribution is 5.87. The van der Waals surface area contributed by atoms with E-state index in [9.17, 15) is 50.1 Å². The number of nitrogens with one attached hydrogen (secondary N) is 2. The summed E-state index contributed by atoms with van der Waals surface area (Å²) in [5.41, 5.74) is 0. The predicted octanol–water partition coefficient (Wildman–Crippen LogP) is -2.44. The third-order valence-electron chi connectivity index (χ3n) is 7.57. The lowest BCUT2D eigenvalue weighted by molar-refractivity contribution is -0.203. The second kappa shape index (κ2) is 26.2. The van der Waals surface area contributed by atoms with Gasteiger partial charge in [-0.2, -0.15) is 0 Å². The van der Waals surface area contributed by atoms with Crippen LogP contribution in [0.3, 0.4) is 0 Å². The third-order valence-corrected chi connectivity index (χ3v) is 7.57. The molecule has 0 aliphatic carbocycles. The Balaban J connectivity index is 4.07. The van der Waals surface area contributed by atoms with Crippen LogP contribution in [0.4, 0.5) is 0 Å². The molecule has 0 radical (unpaired) electrons. The zero-order valence-corrected chi connectivity index (χ0v) is 27.1. The first-order valence-corrected chi connectivity index (χ1v) is 16.0. The van der Waals surface area contributed by atoms with Gasteiger partial charge in [0.25, 0.3) is 0 Å². The molecule has 0 spiro atoms. The Hall–Kier alpha value is -1.83. The lowest BCUT2D eigenvalue weighted by atomic mass is 9.95. The van der Waals surface area contributed by atoms with E-state index in [1.165, 1.54) is 13.8 Å². The van der Waals surface area contributed by atoms with E-state index in [1.807, 2.05) is 0 Å². The van der Waals surface area contributed by atoms with Crippen molar-refractivity contribution in [3.8, 4) is 0 Å². The molecule has 0 bridgehead atoms. The van der Waals surface area contributed by atoms with Gasteiger partial charge < -0.3 is 66.1 Å². The van der Waals surface area contributed by atoms with Crippen LogP contribution in [0, 0.1) is 5.92 Å². The van der Waals surface area contributed by atoms with Crippen molar-refractivity contribution in [1.82, 2.24) is 10.6 Å². The van der Waals surface area contributed by atoms with E-state index in [4.69, 9.17) is 19.7 Å². The quantitative estimate of drug-likeness (QED) is 0.0292. The fourth-order valence-electron chi connectivity index (χ4n) is 4.40. The maximum atomic E-state index is 12.3. The number of Topliss-reactive ketones (excluding diaryl/α,β-unsaturated/α-hetero) is 1. The maximum absolute atomic E-state index is 12.3. The summed E-state index contributed by atoms with van der Waals surface area (Å²) in [6, 6.07) is -0.656. The number of aliphatic hydroxyl groups is 9. The highest BCUT2D eigenvalue weighted by Gasteiger charge is 2.31.